The highest BCUT2D eigenvalue weighted by atomic mass is 127. The Balaban J connectivity index is 1.94. The third-order valence-electron chi connectivity index (χ3n) is 3.54. The summed E-state index contributed by atoms with van der Waals surface area (Å²) in [7, 11) is 0. The number of benzene rings is 2. The number of hydrogen-bond acceptors (Lipinski definition) is 3. The molecule has 0 saturated carbocycles. The minimum absolute atomic E-state index is 0.0574. The van der Waals surface area contributed by atoms with E-state index in [0.717, 1.165) is 14.0 Å². The smallest absolute Gasteiger partial charge is 0.283 e. The summed E-state index contributed by atoms with van der Waals surface area (Å²) in [5, 5.41) is 3.35. The van der Waals surface area contributed by atoms with E-state index in [1.54, 1.807) is 30.3 Å². The third-order valence-corrected chi connectivity index (χ3v) is 4.81. The van der Waals surface area contributed by atoms with Gasteiger partial charge < -0.3 is 5.32 Å². The van der Waals surface area contributed by atoms with Crippen LogP contribution in [0.15, 0.2) is 53.2 Å². The number of rotatable bonds is 3. The zero-order valence-corrected chi connectivity index (χ0v) is 16.1. The van der Waals surface area contributed by atoms with E-state index in [2.05, 4.69) is 27.9 Å². The molecule has 2 aromatic rings. The molecule has 1 heterocycles. The number of imide groups is 1. The third kappa shape index (κ3) is 3.16. The van der Waals surface area contributed by atoms with E-state index in [9.17, 15) is 9.59 Å². The van der Waals surface area contributed by atoms with E-state index in [0.29, 0.717) is 16.4 Å². The van der Waals surface area contributed by atoms with Crippen LogP contribution in [0.3, 0.4) is 0 Å². The Kier molecular flexibility index (Phi) is 4.85. The van der Waals surface area contributed by atoms with Gasteiger partial charge in [0.25, 0.3) is 11.8 Å². The molecule has 0 radical (unpaired) electrons. The molecule has 3 rings (SSSR count). The largest absolute Gasteiger partial charge is 0.350 e. The average molecular weight is 473 g/mol. The van der Waals surface area contributed by atoms with Crippen molar-refractivity contribution in [3.63, 3.8) is 0 Å². The van der Waals surface area contributed by atoms with Crippen LogP contribution < -0.4 is 10.2 Å². The molecule has 1 aliphatic rings. The molecule has 7 heteroatoms. The molecule has 0 unspecified atom stereocenters. The van der Waals surface area contributed by atoms with Gasteiger partial charge in [-0.25, -0.2) is 4.90 Å². The highest BCUT2D eigenvalue weighted by Crippen LogP contribution is 2.32. The van der Waals surface area contributed by atoms with E-state index < -0.39 is 11.8 Å². The number of nitrogens with one attached hydrogen (secondary N) is 1. The van der Waals surface area contributed by atoms with Gasteiger partial charge in [-0.1, -0.05) is 23.2 Å². The quantitative estimate of drug-likeness (QED) is 0.520. The fourth-order valence-electron chi connectivity index (χ4n) is 2.38. The van der Waals surface area contributed by atoms with Gasteiger partial charge in [-0.2, -0.15) is 0 Å². The summed E-state index contributed by atoms with van der Waals surface area (Å²) in [5.41, 5.74) is 2.02. The second kappa shape index (κ2) is 6.74. The molecule has 24 heavy (non-hydrogen) atoms. The Morgan fingerprint density at radius 3 is 2.29 bits per heavy atom. The van der Waals surface area contributed by atoms with Crippen LogP contribution in [-0.4, -0.2) is 11.8 Å². The zero-order chi connectivity index (χ0) is 17.4. The molecule has 4 nitrogen and oxygen atoms in total. The lowest BCUT2D eigenvalue weighted by Gasteiger charge is -2.17. The monoisotopic (exact) mass is 472 g/mol. The Bertz CT molecular complexity index is 879. The van der Waals surface area contributed by atoms with Crippen molar-refractivity contribution in [2.45, 2.75) is 6.92 Å². The van der Waals surface area contributed by atoms with Crippen LogP contribution in [0.25, 0.3) is 0 Å². The number of halogens is 3. The van der Waals surface area contributed by atoms with E-state index >= 15 is 0 Å². The molecule has 1 aliphatic heterocycles. The summed E-state index contributed by atoms with van der Waals surface area (Å²) < 4.78 is 1.02. The molecule has 0 fully saturated rings. The minimum atomic E-state index is -0.539. The number of carbonyl (C=O) groups excluding carboxylic acids is 2. The van der Waals surface area contributed by atoms with Crippen molar-refractivity contribution in [2.75, 3.05) is 10.2 Å². The lowest BCUT2D eigenvalue weighted by Crippen LogP contribution is -2.32. The number of anilines is 2. The Hall–Kier alpha value is -1.57. The Morgan fingerprint density at radius 1 is 1.00 bits per heavy atom. The van der Waals surface area contributed by atoms with Crippen molar-refractivity contribution >= 4 is 69.0 Å². The first kappa shape index (κ1) is 17.3. The summed E-state index contributed by atoms with van der Waals surface area (Å²) in [6.45, 7) is 1.84. The second-order valence-electron chi connectivity index (χ2n) is 5.20. The van der Waals surface area contributed by atoms with Crippen LogP contribution in [0.4, 0.5) is 11.4 Å². The highest BCUT2D eigenvalue weighted by Gasteiger charge is 2.39. The molecular formula is C17H11Cl2IN2O2. The summed E-state index contributed by atoms with van der Waals surface area (Å²) in [6, 6.07) is 12.2. The molecule has 0 saturated heterocycles. The van der Waals surface area contributed by atoms with E-state index in [-0.39, 0.29) is 10.7 Å². The van der Waals surface area contributed by atoms with E-state index in [1.807, 2.05) is 19.1 Å². The number of carbonyl (C=O) groups is 2. The first-order valence-electron chi connectivity index (χ1n) is 6.96. The molecule has 0 aliphatic carbocycles. The van der Waals surface area contributed by atoms with Gasteiger partial charge in [0.05, 0.1) is 5.69 Å². The van der Waals surface area contributed by atoms with Crippen molar-refractivity contribution in [3.8, 4) is 0 Å². The first-order chi connectivity index (χ1) is 11.4. The molecule has 0 spiro atoms. The SMILES string of the molecule is Cc1cc(I)ccc1N1C(=O)C(Cl)=C(Nc2ccc(Cl)cc2)C1=O. The highest BCUT2D eigenvalue weighted by molar-refractivity contribution is 14.1. The van der Waals surface area contributed by atoms with Gasteiger partial charge in [0, 0.05) is 14.3 Å². The van der Waals surface area contributed by atoms with Crippen molar-refractivity contribution in [1.29, 1.82) is 0 Å². The molecule has 0 atom stereocenters. The predicted octanol–water partition coefficient (Wildman–Crippen LogP) is 4.69. The summed E-state index contributed by atoms with van der Waals surface area (Å²) in [5.74, 6) is -1.02. The van der Waals surface area contributed by atoms with Gasteiger partial charge in [0.1, 0.15) is 10.7 Å². The lowest BCUT2D eigenvalue weighted by molar-refractivity contribution is -0.120. The predicted molar refractivity (Wildman–Crippen MR) is 104 cm³/mol. The number of nitrogens with zero attached hydrogens (tertiary/aromatic N) is 1. The maximum absolute atomic E-state index is 12.7. The van der Waals surface area contributed by atoms with Gasteiger partial charge in [0.15, 0.2) is 0 Å². The molecule has 122 valence electrons. The van der Waals surface area contributed by atoms with Crippen LogP contribution in [0.1, 0.15) is 5.56 Å². The number of aryl methyl sites for hydroxylation is 1. The van der Waals surface area contributed by atoms with E-state index in [1.165, 1.54) is 0 Å². The normalized spacial score (nSPS) is 14.6. The minimum Gasteiger partial charge on any atom is -0.350 e. The Labute approximate surface area is 162 Å². The number of amides is 2. The van der Waals surface area contributed by atoms with Gasteiger partial charge in [0.2, 0.25) is 0 Å². The fraction of sp³-hybridized carbons (Fsp3) is 0.0588. The molecular weight excluding hydrogens is 462 g/mol. The average Bonchev–Trinajstić information content (AvgIpc) is 2.74. The van der Waals surface area contributed by atoms with Gasteiger partial charge in [-0.3, -0.25) is 9.59 Å². The second-order valence-corrected chi connectivity index (χ2v) is 7.26. The van der Waals surface area contributed by atoms with Gasteiger partial charge >= 0.3 is 0 Å². The standard InChI is InChI=1S/C17H11Cl2IN2O2/c1-9-8-11(20)4-7-13(9)22-16(23)14(19)15(17(22)24)21-12-5-2-10(18)3-6-12/h2-8,21H,1H3. The summed E-state index contributed by atoms with van der Waals surface area (Å²) >= 11 is 14.1. The number of hydrogen-bond donors (Lipinski definition) is 1. The van der Waals surface area contributed by atoms with Crippen LogP contribution in [0.2, 0.25) is 5.02 Å². The van der Waals surface area contributed by atoms with E-state index in [4.69, 9.17) is 23.2 Å². The molecule has 2 aromatic carbocycles. The van der Waals surface area contributed by atoms with Crippen LogP contribution >= 0.6 is 45.8 Å². The van der Waals surface area contributed by atoms with Crippen LogP contribution in [0.5, 0.6) is 0 Å². The van der Waals surface area contributed by atoms with Crippen molar-refractivity contribution in [2.24, 2.45) is 0 Å². The molecule has 1 N–H and O–H groups in total. The maximum Gasteiger partial charge on any atom is 0.283 e. The van der Waals surface area contributed by atoms with Gasteiger partial charge in [-0.15, -0.1) is 0 Å². The van der Waals surface area contributed by atoms with Crippen LogP contribution in [0, 0.1) is 10.5 Å². The Morgan fingerprint density at radius 2 is 1.67 bits per heavy atom. The zero-order valence-electron chi connectivity index (χ0n) is 12.4. The van der Waals surface area contributed by atoms with Gasteiger partial charge in [-0.05, 0) is 77.5 Å². The summed E-state index contributed by atoms with van der Waals surface area (Å²) in [6.07, 6.45) is 0. The first-order valence-corrected chi connectivity index (χ1v) is 8.79. The lowest BCUT2D eigenvalue weighted by atomic mass is 10.2. The summed E-state index contributed by atoms with van der Waals surface area (Å²) in [4.78, 5) is 26.3. The molecule has 0 aromatic heterocycles. The van der Waals surface area contributed by atoms with Crippen molar-refractivity contribution < 1.29 is 9.59 Å². The van der Waals surface area contributed by atoms with Crippen molar-refractivity contribution in [1.82, 2.24) is 0 Å². The van der Waals surface area contributed by atoms with Crippen molar-refractivity contribution in [3.05, 3.63) is 67.4 Å². The topological polar surface area (TPSA) is 49.4 Å². The molecule has 0 bridgehead atoms. The van der Waals surface area contributed by atoms with Crippen LogP contribution in [-0.2, 0) is 9.59 Å². The molecule has 2 amide bonds. The maximum atomic E-state index is 12.7. The fourth-order valence-corrected chi connectivity index (χ4v) is 3.36.